The van der Waals surface area contributed by atoms with Crippen molar-refractivity contribution in [1.82, 2.24) is 14.9 Å². The highest BCUT2D eigenvalue weighted by Gasteiger charge is 2.40. The summed E-state index contributed by atoms with van der Waals surface area (Å²) >= 11 is 0. The fourth-order valence-electron chi connectivity index (χ4n) is 3.70. The summed E-state index contributed by atoms with van der Waals surface area (Å²) in [4.78, 5) is 12.7. The average Bonchev–Trinajstić information content (AvgIpc) is 3.03. The summed E-state index contributed by atoms with van der Waals surface area (Å²) in [6.07, 6.45) is 4.37. The minimum atomic E-state index is -0.409. The van der Waals surface area contributed by atoms with E-state index >= 15 is 0 Å². The maximum absolute atomic E-state index is 13.0. The topological polar surface area (TPSA) is 54.6 Å². The largest absolute Gasteiger partial charge is 0.465 e. The number of aromatic nitrogens is 2. The molecular formula is C18H23FN4O2. The molecule has 0 N–H and O–H groups in total. The zero-order chi connectivity index (χ0) is 17.3. The Balaban J connectivity index is 1.37. The average molecular weight is 346 g/mol. The molecule has 2 aromatic rings. The van der Waals surface area contributed by atoms with Crippen molar-refractivity contribution in [3.63, 3.8) is 0 Å². The Morgan fingerprint density at radius 1 is 1.16 bits per heavy atom. The fraction of sp³-hybridized carbons (Fsp3) is 0.556. The normalized spacial score (nSPS) is 21.0. The predicted octanol–water partition coefficient (Wildman–Crippen LogP) is 2.39. The summed E-state index contributed by atoms with van der Waals surface area (Å²) in [7, 11) is 0. The summed E-state index contributed by atoms with van der Waals surface area (Å²) in [5.74, 6) is 2.14. The highest BCUT2D eigenvalue weighted by molar-refractivity contribution is 5.30. The Labute approximate surface area is 146 Å². The van der Waals surface area contributed by atoms with Crippen LogP contribution in [0.3, 0.4) is 0 Å². The van der Waals surface area contributed by atoms with Crippen LogP contribution in [0.2, 0.25) is 0 Å². The number of hydrogen-bond donors (Lipinski definition) is 0. The van der Waals surface area contributed by atoms with E-state index in [4.69, 9.17) is 9.15 Å². The van der Waals surface area contributed by atoms with Gasteiger partial charge in [-0.05, 0) is 31.9 Å². The van der Waals surface area contributed by atoms with Gasteiger partial charge in [-0.1, -0.05) is 0 Å². The van der Waals surface area contributed by atoms with Gasteiger partial charge in [-0.15, -0.1) is 0 Å². The Morgan fingerprint density at radius 3 is 2.60 bits per heavy atom. The number of halogens is 1. The molecule has 2 aliphatic heterocycles. The zero-order valence-electron chi connectivity index (χ0n) is 14.4. The van der Waals surface area contributed by atoms with Gasteiger partial charge in [-0.25, -0.2) is 14.4 Å². The quantitative estimate of drug-likeness (QED) is 0.851. The molecule has 2 saturated heterocycles. The smallest absolute Gasteiger partial charge is 0.225 e. The highest BCUT2D eigenvalue weighted by Crippen LogP contribution is 2.32. The summed E-state index contributed by atoms with van der Waals surface area (Å²) in [5.41, 5.74) is -0.161. The SMILES string of the molecule is Cc1ccc(CN2CCC3(CC2)CN(c2ncc(F)cn2)CCO3)o1. The molecule has 0 radical (unpaired) electrons. The van der Waals surface area contributed by atoms with Crippen LogP contribution in [-0.2, 0) is 11.3 Å². The van der Waals surface area contributed by atoms with Crippen LogP contribution in [0.5, 0.6) is 0 Å². The first kappa shape index (κ1) is 16.5. The predicted molar refractivity (Wildman–Crippen MR) is 90.8 cm³/mol. The van der Waals surface area contributed by atoms with Gasteiger partial charge >= 0.3 is 0 Å². The van der Waals surface area contributed by atoms with E-state index in [1.807, 2.05) is 19.1 Å². The molecule has 4 heterocycles. The molecule has 0 atom stereocenters. The molecule has 0 aromatic carbocycles. The van der Waals surface area contributed by atoms with E-state index in [9.17, 15) is 4.39 Å². The Hall–Kier alpha value is -1.99. The summed E-state index contributed by atoms with van der Waals surface area (Å²) in [5, 5.41) is 0. The fourth-order valence-corrected chi connectivity index (χ4v) is 3.70. The number of nitrogens with zero attached hydrogens (tertiary/aromatic N) is 4. The van der Waals surface area contributed by atoms with Gasteiger partial charge in [-0.2, -0.15) is 0 Å². The maximum atomic E-state index is 13.0. The van der Waals surface area contributed by atoms with Crippen molar-refractivity contribution in [2.75, 3.05) is 37.7 Å². The number of hydrogen-bond acceptors (Lipinski definition) is 6. The van der Waals surface area contributed by atoms with Crippen molar-refractivity contribution in [2.24, 2.45) is 0 Å². The molecule has 7 heteroatoms. The van der Waals surface area contributed by atoms with Crippen LogP contribution in [0.25, 0.3) is 0 Å². The molecule has 2 fully saturated rings. The van der Waals surface area contributed by atoms with Crippen LogP contribution in [0.1, 0.15) is 24.4 Å². The molecule has 6 nitrogen and oxygen atoms in total. The Kier molecular flexibility index (Phi) is 4.43. The van der Waals surface area contributed by atoms with Gasteiger partial charge in [0.05, 0.1) is 37.7 Å². The lowest BCUT2D eigenvalue weighted by Crippen LogP contribution is -2.57. The van der Waals surface area contributed by atoms with Crippen molar-refractivity contribution in [3.8, 4) is 0 Å². The molecule has 0 amide bonds. The molecule has 0 saturated carbocycles. The molecule has 25 heavy (non-hydrogen) atoms. The number of likely N-dealkylation sites (tertiary alicyclic amines) is 1. The van der Waals surface area contributed by atoms with Crippen LogP contribution in [-0.4, -0.2) is 53.3 Å². The van der Waals surface area contributed by atoms with E-state index in [1.54, 1.807) is 0 Å². The number of anilines is 1. The molecule has 4 rings (SSSR count). The molecule has 1 spiro atoms. The second-order valence-corrected chi connectivity index (χ2v) is 6.94. The number of ether oxygens (including phenoxy) is 1. The molecule has 0 unspecified atom stereocenters. The first-order valence-corrected chi connectivity index (χ1v) is 8.76. The van der Waals surface area contributed by atoms with Crippen LogP contribution in [0, 0.1) is 12.7 Å². The standard InChI is InChI=1S/C18H23FN4O2/c1-14-2-3-16(25-14)12-22-6-4-18(5-7-22)13-23(8-9-24-18)17-20-10-15(19)11-21-17/h2-3,10-11H,4-9,12-13H2,1H3. The number of furan rings is 1. The van der Waals surface area contributed by atoms with E-state index in [0.29, 0.717) is 12.6 Å². The third kappa shape index (κ3) is 3.67. The number of morpholine rings is 1. The van der Waals surface area contributed by atoms with E-state index in [2.05, 4.69) is 19.8 Å². The van der Waals surface area contributed by atoms with Crippen LogP contribution >= 0.6 is 0 Å². The number of rotatable bonds is 3. The van der Waals surface area contributed by atoms with Gasteiger partial charge in [0.15, 0.2) is 5.82 Å². The van der Waals surface area contributed by atoms with Crippen LogP contribution < -0.4 is 4.90 Å². The molecule has 0 bridgehead atoms. The van der Waals surface area contributed by atoms with Crippen LogP contribution in [0.15, 0.2) is 28.9 Å². The van der Waals surface area contributed by atoms with Crippen LogP contribution in [0.4, 0.5) is 10.3 Å². The van der Waals surface area contributed by atoms with Gasteiger partial charge in [0.1, 0.15) is 11.5 Å². The summed E-state index contributed by atoms with van der Waals surface area (Å²) < 4.78 is 24.9. The molecule has 2 aliphatic rings. The van der Waals surface area contributed by atoms with Crippen molar-refractivity contribution in [1.29, 1.82) is 0 Å². The van der Waals surface area contributed by atoms with Crippen molar-refractivity contribution < 1.29 is 13.5 Å². The Bertz CT molecular complexity index is 710. The van der Waals surface area contributed by atoms with Gasteiger partial charge in [0, 0.05) is 19.6 Å². The van der Waals surface area contributed by atoms with E-state index in [-0.39, 0.29) is 5.60 Å². The van der Waals surface area contributed by atoms with Crippen molar-refractivity contribution in [3.05, 3.63) is 41.9 Å². The second-order valence-electron chi connectivity index (χ2n) is 6.94. The minimum Gasteiger partial charge on any atom is -0.465 e. The van der Waals surface area contributed by atoms with Gasteiger partial charge in [-0.3, -0.25) is 4.90 Å². The zero-order valence-corrected chi connectivity index (χ0v) is 14.4. The van der Waals surface area contributed by atoms with Crippen molar-refractivity contribution in [2.45, 2.75) is 31.9 Å². The number of aryl methyl sites for hydroxylation is 1. The molecule has 134 valence electrons. The minimum absolute atomic E-state index is 0.161. The van der Waals surface area contributed by atoms with Gasteiger partial charge in [0.2, 0.25) is 5.95 Å². The highest BCUT2D eigenvalue weighted by atomic mass is 19.1. The van der Waals surface area contributed by atoms with E-state index < -0.39 is 5.82 Å². The Morgan fingerprint density at radius 2 is 1.92 bits per heavy atom. The van der Waals surface area contributed by atoms with E-state index in [1.165, 1.54) is 12.4 Å². The lowest BCUT2D eigenvalue weighted by molar-refractivity contribution is -0.0929. The van der Waals surface area contributed by atoms with Gasteiger partial charge in [0.25, 0.3) is 0 Å². The first-order chi connectivity index (χ1) is 12.1. The second kappa shape index (κ2) is 6.72. The lowest BCUT2D eigenvalue weighted by atomic mass is 9.89. The maximum Gasteiger partial charge on any atom is 0.225 e. The summed E-state index contributed by atoms with van der Waals surface area (Å²) in [6.45, 7) is 6.90. The van der Waals surface area contributed by atoms with Crippen molar-refractivity contribution >= 4 is 5.95 Å². The third-order valence-electron chi connectivity index (χ3n) is 5.08. The summed E-state index contributed by atoms with van der Waals surface area (Å²) in [6, 6.07) is 4.05. The monoisotopic (exact) mass is 346 g/mol. The molecule has 2 aromatic heterocycles. The third-order valence-corrected chi connectivity index (χ3v) is 5.08. The lowest BCUT2D eigenvalue weighted by Gasteiger charge is -2.47. The van der Waals surface area contributed by atoms with Gasteiger partial charge < -0.3 is 14.1 Å². The molecule has 0 aliphatic carbocycles. The first-order valence-electron chi connectivity index (χ1n) is 8.76. The molecular weight excluding hydrogens is 323 g/mol. The number of piperidine rings is 1. The van der Waals surface area contributed by atoms with E-state index in [0.717, 1.165) is 57.1 Å².